The van der Waals surface area contributed by atoms with E-state index in [2.05, 4.69) is 3.95 Å². The zero-order valence-corrected chi connectivity index (χ0v) is 13.9. The summed E-state index contributed by atoms with van der Waals surface area (Å²) in [4.78, 5) is 63.3. The van der Waals surface area contributed by atoms with Crippen molar-refractivity contribution in [1.29, 1.82) is 0 Å². The second-order valence-corrected chi connectivity index (χ2v) is 8.84. The van der Waals surface area contributed by atoms with Crippen LogP contribution in [0.15, 0.2) is 0 Å². The van der Waals surface area contributed by atoms with Crippen molar-refractivity contribution in [2.45, 2.75) is 0 Å². The van der Waals surface area contributed by atoms with Gasteiger partial charge in [0.05, 0.1) is 0 Å². The first-order valence-electron chi connectivity index (χ1n) is 3.39. The van der Waals surface area contributed by atoms with Crippen molar-refractivity contribution < 1.29 is 95.0 Å². The second kappa shape index (κ2) is 4.33. The van der Waals surface area contributed by atoms with Crippen LogP contribution in [-0.2, 0) is 18.6 Å². The van der Waals surface area contributed by atoms with E-state index in [1.165, 1.54) is 0 Å². The Morgan fingerprint density at radius 1 is 0.591 bits per heavy atom. The van der Waals surface area contributed by atoms with Crippen molar-refractivity contribution in [3.63, 3.8) is 0 Å². The van der Waals surface area contributed by atoms with Crippen LogP contribution in [-0.4, -0.2) is 24.9 Å². The predicted molar refractivity (Wildman–Crippen MR) is 43.7 cm³/mol. The molecular formula is CoKN6O14. The summed E-state index contributed by atoms with van der Waals surface area (Å²) in [6, 6.07) is 0. The van der Waals surface area contributed by atoms with E-state index in [0.29, 0.717) is 0 Å². The van der Waals surface area contributed by atoms with Gasteiger partial charge in [-0.15, -0.1) is 0 Å². The molecule has 0 heterocycles. The quantitative estimate of drug-likeness (QED) is 0.218. The Balaban J connectivity index is 0. The molecule has 22 heavy (non-hydrogen) atoms. The summed E-state index contributed by atoms with van der Waals surface area (Å²) < 4.78 is -4.47. The third-order valence-corrected chi connectivity index (χ3v) is 7.41. The summed E-state index contributed by atoms with van der Waals surface area (Å²) in [6.07, 6.45) is 0. The number of hydrogen-bond acceptors (Lipinski definition) is 14. The molecule has 0 spiro atoms. The van der Waals surface area contributed by atoms with Crippen LogP contribution in [0.5, 0.6) is 0 Å². The smallest absolute Gasteiger partial charge is 1.00 e. The van der Waals surface area contributed by atoms with Crippen LogP contribution in [0.4, 0.5) is 0 Å². The number of rotatable bonds is 7. The molecule has 0 unspecified atom stereocenters. The molecule has 0 rings (SSSR count). The fourth-order valence-electron chi connectivity index (χ4n) is 0.687. The van der Waals surface area contributed by atoms with E-state index in [4.69, 9.17) is 0 Å². The number of nitrogens with zero attached hydrogens (tertiary/aromatic N) is 6. The molecule has 0 radical (unpaired) electrons. The monoisotopic (exact) mass is 406 g/mol. The zero-order valence-electron chi connectivity index (χ0n) is 9.73. The van der Waals surface area contributed by atoms with Crippen molar-refractivity contribution in [2.75, 3.05) is 0 Å². The van der Waals surface area contributed by atoms with Gasteiger partial charge in [0.15, 0.2) is 0 Å². The third kappa shape index (κ3) is 1.22. The SMILES string of the molecule is O=[N+]([O-])[O][Co-](=[O])([N+](=O)[O-])([N+](=O)[O-])([N+](=O)[O-])([N+](=O)[O-])[N+](=O)[O-].[K+]. The van der Waals surface area contributed by atoms with Crippen LogP contribution in [0.2, 0.25) is 0 Å². The molecule has 0 amide bonds. The topological polar surface area (TPSA) is 285 Å². The molecule has 0 aromatic carbocycles. The summed E-state index contributed by atoms with van der Waals surface area (Å²) >= 11 is 0. The molecule has 0 saturated carbocycles. The van der Waals surface area contributed by atoms with Gasteiger partial charge in [-0.3, -0.25) is 0 Å². The Hall–Kier alpha value is -1.86. The van der Waals surface area contributed by atoms with Crippen molar-refractivity contribution in [3.05, 3.63) is 60.7 Å². The molecule has 0 bridgehead atoms. The molecule has 0 aliphatic rings. The van der Waals surface area contributed by atoms with Gasteiger partial charge in [0.25, 0.3) is 0 Å². The fraction of sp³-hybridized carbons (Fsp3) is 0. The Bertz CT molecular complexity index is 638. The van der Waals surface area contributed by atoms with Crippen molar-refractivity contribution >= 4 is 0 Å². The number of hydrogen-bond donors (Lipinski definition) is 0. The molecule has 0 aromatic rings. The predicted octanol–water partition coefficient (Wildman–Crippen LogP) is -4.82. The van der Waals surface area contributed by atoms with E-state index in [-0.39, 0.29) is 51.4 Å². The van der Waals surface area contributed by atoms with Gasteiger partial charge in [0, 0.05) is 0 Å². The minimum absolute atomic E-state index is 0. The van der Waals surface area contributed by atoms with Crippen molar-refractivity contribution in [2.24, 2.45) is 0 Å². The van der Waals surface area contributed by atoms with E-state index in [1.54, 1.807) is 0 Å². The Kier molecular flexibility index (Phi) is 4.41. The maximum Gasteiger partial charge on any atom is 1.00 e. The van der Waals surface area contributed by atoms with Gasteiger partial charge in [0.2, 0.25) is 0 Å². The molecule has 0 atom stereocenters. The van der Waals surface area contributed by atoms with Crippen LogP contribution in [0.1, 0.15) is 0 Å². The van der Waals surface area contributed by atoms with E-state index in [9.17, 15) is 64.6 Å². The van der Waals surface area contributed by atoms with Gasteiger partial charge in [0.1, 0.15) is 0 Å². The standard InChI is InChI=1S/Co.K.NO3.5NO2.O/c;;2-1(3)4;5*2-1-3;/q;+1;-1;;;;;;. The van der Waals surface area contributed by atoms with Gasteiger partial charge in [-0.2, -0.15) is 0 Å². The molecule has 0 fully saturated rings. The largest absolute Gasteiger partial charge is 1.00 e. The Morgan fingerprint density at radius 3 is 0.818 bits per heavy atom. The molecule has 0 aliphatic carbocycles. The van der Waals surface area contributed by atoms with Crippen LogP contribution in [0.3, 0.4) is 0 Å². The minimum Gasteiger partial charge on any atom is 1.00 e. The maximum atomic E-state index is 12.1. The summed E-state index contributed by atoms with van der Waals surface area (Å²) in [5.74, 6) is 0. The molecule has 124 valence electrons. The molecule has 0 N–H and O–H groups in total. The summed E-state index contributed by atoms with van der Waals surface area (Å²) in [6.45, 7) is 0. The van der Waals surface area contributed by atoms with Crippen molar-refractivity contribution in [1.82, 2.24) is 0 Å². The van der Waals surface area contributed by atoms with Crippen LogP contribution in [0.25, 0.3) is 0 Å². The van der Waals surface area contributed by atoms with E-state index < -0.39 is 35.8 Å². The van der Waals surface area contributed by atoms with Gasteiger partial charge < -0.3 is 0 Å². The first-order valence-corrected chi connectivity index (χ1v) is 6.57. The second-order valence-electron chi connectivity index (χ2n) is 2.60. The Labute approximate surface area is 154 Å². The van der Waals surface area contributed by atoms with E-state index >= 15 is 0 Å². The third-order valence-electron chi connectivity index (χ3n) is 1.80. The van der Waals surface area contributed by atoms with Crippen LogP contribution < -0.4 is 51.4 Å². The molecule has 0 aliphatic heterocycles. The summed E-state index contributed by atoms with van der Waals surface area (Å²) in [5.41, 5.74) is 0. The van der Waals surface area contributed by atoms with Gasteiger partial charge >= 0.3 is 156 Å². The maximum absolute atomic E-state index is 12.1. The average molecular weight is 406 g/mol. The van der Waals surface area contributed by atoms with E-state index in [1.807, 2.05) is 0 Å². The Morgan fingerprint density at radius 2 is 0.773 bits per heavy atom. The number of nitro groups is 5. The molecule has 20 nitrogen and oxygen atoms in total. The van der Waals surface area contributed by atoms with Crippen molar-refractivity contribution in [3.8, 4) is 0 Å². The first kappa shape index (κ1) is 22.4. The van der Waals surface area contributed by atoms with Gasteiger partial charge in [-0.1, -0.05) is 0 Å². The van der Waals surface area contributed by atoms with E-state index in [0.717, 1.165) is 0 Å². The minimum atomic E-state index is -12.1. The zero-order chi connectivity index (χ0) is 17.5. The first-order chi connectivity index (χ1) is 9.07. The average Bonchev–Trinajstić information content (AvgIpc) is 2.26. The summed E-state index contributed by atoms with van der Waals surface area (Å²) in [7, 11) is -12.1. The van der Waals surface area contributed by atoms with Crippen LogP contribution in [0, 0.1) is 60.7 Å². The molecular weight excluding hydrogens is 406 g/mol. The molecule has 0 aromatic heterocycles. The van der Waals surface area contributed by atoms with Gasteiger partial charge in [-0.25, -0.2) is 0 Å². The molecule has 0 saturated heterocycles. The summed E-state index contributed by atoms with van der Waals surface area (Å²) in [5, 5.41) is 60.3. The van der Waals surface area contributed by atoms with Gasteiger partial charge in [-0.05, 0) is 0 Å². The normalized spacial score (nSPS) is 15.4. The molecule has 22 heteroatoms. The fourth-order valence-corrected chi connectivity index (χ4v) is 2.83. The van der Waals surface area contributed by atoms with Crippen LogP contribution >= 0.6 is 0 Å².